The molecule has 1 heterocycles. The minimum atomic E-state index is -0.197. The fourth-order valence-corrected chi connectivity index (χ4v) is 3.71. The molecule has 1 unspecified atom stereocenters. The van der Waals surface area contributed by atoms with Gasteiger partial charge in [0.2, 0.25) is 11.8 Å². The van der Waals surface area contributed by atoms with Crippen LogP contribution in [-0.2, 0) is 9.59 Å². The van der Waals surface area contributed by atoms with Crippen LogP contribution >= 0.6 is 23.5 Å². The zero-order chi connectivity index (χ0) is 15.9. The van der Waals surface area contributed by atoms with Crippen molar-refractivity contribution in [3.05, 3.63) is 24.3 Å². The van der Waals surface area contributed by atoms with Gasteiger partial charge in [-0.1, -0.05) is 12.1 Å². The van der Waals surface area contributed by atoms with Gasteiger partial charge in [-0.25, -0.2) is 0 Å². The molecule has 2 rings (SSSR count). The molecular weight excluding hydrogens is 318 g/mol. The molecular formula is C15H17N3O2S2. The molecule has 1 aliphatic heterocycles. The number of carbonyl (C=O) groups is 2. The van der Waals surface area contributed by atoms with E-state index in [1.54, 1.807) is 16.7 Å². The van der Waals surface area contributed by atoms with E-state index in [9.17, 15) is 9.59 Å². The van der Waals surface area contributed by atoms with Crippen molar-refractivity contribution in [3.63, 3.8) is 0 Å². The molecule has 1 N–H and O–H groups in total. The van der Waals surface area contributed by atoms with Gasteiger partial charge in [-0.2, -0.15) is 5.26 Å². The Kier molecular flexibility index (Phi) is 6.16. The van der Waals surface area contributed by atoms with Gasteiger partial charge in [0.1, 0.15) is 6.54 Å². The molecule has 0 saturated carbocycles. The third-order valence-corrected chi connectivity index (χ3v) is 5.31. The van der Waals surface area contributed by atoms with Crippen LogP contribution in [0, 0.1) is 17.2 Å². The second-order valence-electron chi connectivity index (χ2n) is 4.95. The number of hydrogen-bond donors (Lipinski definition) is 1. The van der Waals surface area contributed by atoms with Gasteiger partial charge < -0.3 is 10.2 Å². The molecule has 1 aromatic rings. The van der Waals surface area contributed by atoms with E-state index in [0.29, 0.717) is 17.4 Å². The molecule has 0 bridgehead atoms. The summed E-state index contributed by atoms with van der Waals surface area (Å²) in [5.41, 5.74) is 0.724. The van der Waals surface area contributed by atoms with Crippen molar-refractivity contribution in [1.82, 2.24) is 4.90 Å². The van der Waals surface area contributed by atoms with E-state index in [4.69, 9.17) is 5.26 Å². The van der Waals surface area contributed by atoms with E-state index in [2.05, 4.69) is 11.4 Å². The first-order valence-electron chi connectivity index (χ1n) is 6.87. The number of nitrogens with zero attached hydrogens (tertiary/aromatic N) is 2. The third-order valence-electron chi connectivity index (χ3n) is 3.03. The Morgan fingerprint density at radius 1 is 1.55 bits per heavy atom. The number of nitriles is 1. The molecule has 0 aliphatic carbocycles. The van der Waals surface area contributed by atoms with Crippen LogP contribution in [0.4, 0.5) is 5.69 Å². The number of hydrogen-bond acceptors (Lipinski definition) is 5. The average molecular weight is 335 g/mol. The number of carbonyl (C=O) groups excluding carboxylic acids is 2. The molecule has 2 amide bonds. The van der Waals surface area contributed by atoms with Gasteiger partial charge in [0.25, 0.3) is 0 Å². The van der Waals surface area contributed by atoms with Gasteiger partial charge in [0, 0.05) is 10.6 Å². The summed E-state index contributed by atoms with van der Waals surface area (Å²) in [7, 11) is 0. The lowest BCUT2D eigenvalue weighted by Crippen LogP contribution is -2.34. The third kappa shape index (κ3) is 4.68. The maximum Gasteiger partial charge on any atom is 0.244 e. The van der Waals surface area contributed by atoms with E-state index >= 15 is 0 Å². The number of thioether (sulfide) groups is 2. The molecule has 116 valence electrons. The molecule has 22 heavy (non-hydrogen) atoms. The highest BCUT2D eigenvalue weighted by Crippen LogP contribution is 2.28. The van der Waals surface area contributed by atoms with Crippen LogP contribution in [0.5, 0.6) is 0 Å². The smallest absolute Gasteiger partial charge is 0.244 e. The van der Waals surface area contributed by atoms with Crippen molar-refractivity contribution in [1.29, 1.82) is 5.26 Å². The number of benzene rings is 1. The summed E-state index contributed by atoms with van der Waals surface area (Å²) >= 11 is 3.06. The second kappa shape index (κ2) is 8.11. The number of anilines is 1. The fraction of sp³-hybridized carbons (Fsp3) is 0.400. The molecule has 1 atom stereocenters. The highest BCUT2D eigenvalue weighted by Gasteiger charge is 2.23. The number of amides is 2. The summed E-state index contributed by atoms with van der Waals surface area (Å²) < 4.78 is 0. The van der Waals surface area contributed by atoms with Gasteiger partial charge in [0.15, 0.2) is 0 Å². The molecule has 5 nitrogen and oxygen atoms in total. The Morgan fingerprint density at radius 3 is 3.00 bits per heavy atom. The molecule has 1 aliphatic rings. The summed E-state index contributed by atoms with van der Waals surface area (Å²) in [5, 5.41) is 11.7. The highest BCUT2D eigenvalue weighted by molar-refractivity contribution is 8.00. The van der Waals surface area contributed by atoms with Crippen LogP contribution in [0.2, 0.25) is 0 Å². The fourth-order valence-electron chi connectivity index (χ4n) is 1.85. The van der Waals surface area contributed by atoms with Crippen LogP contribution in [0.25, 0.3) is 0 Å². The van der Waals surface area contributed by atoms with E-state index in [0.717, 1.165) is 10.6 Å². The van der Waals surface area contributed by atoms with Gasteiger partial charge in [-0.3, -0.25) is 9.59 Å². The normalized spacial score (nSPS) is 15.5. The van der Waals surface area contributed by atoms with Crippen LogP contribution in [0.3, 0.4) is 0 Å². The molecule has 0 radical (unpaired) electrons. The van der Waals surface area contributed by atoms with Gasteiger partial charge in [-0.05, 0) is 19.1 Å². The molecule has 0 aromatic heterocycles. The van der Waals surface area contributed by atoms with E-state index < -0.39 is 0 Å². The van der Waals surface area contributed by atoms with Crippen molar-refractivity contribution in [2.45, 2.75) is 11.8 Å². The first-order valence-corrected chi connectivity index (χ1v) is 9.01. The lowest BCUT2D eigenvalue weighted by Gasteiger charge is -2.15. The lowest BCUT2D eigenvalue weighted by molar-refractivity contribution is -0.130. The van der Waals surface area contributed by atoms with Crippen molar-refractivity contribution in [2.24, 2.45) is 5.92 Å². The predicted octanol–water partition coefficient (Wildman–Crippen LogP) is 2.41. The van der Waals surface area contributed by atoms with Crippen molar-refractivity contribution >= 4 is 41.0 Å². The number of nitrogens with one attached hydrogen (secondary N) is 1. The van der Waals surface area contributed by atoms with Gasteiger partial charge in [-0.15, -0.1) is 23.5 Å². The summed E-state index contributed by atoms with van der Waals surface area (Å²) in [4.78, 5) is 26.1. The monoisotopic (exact) mass is 335 g/mol. The summed E-state index contributed by atoms with van der Waals surface area (Å²) in [6.07, 6.45) is 0. The Hall–Kier alpha value is -1.65. The average Bonchev–Trinajstić information content (AvgIpc) is 2.91. The molecule has 1 fully saturated rings. The quantitative estimate of drug-likeness (QED) is 0.808. The Balaban J connectivity index is 1.95. The van der Waals surface area contributed by atoms with Gasteiger partial charge >= 0.3 is 0 Å². The van der Waals surface area contributed by atoms with Gasteiger partial charge in [0.05, 0.1) is 29.3 Å². The van der Waals surface area contributed by atoms with E-state index in [1.807, 2.05) is 31.2 Å². The number of rotatable bonds is 6. The molecule has 7 heteroatoms. The maximum atomic E-state index is 12.1. The topological polar surface area (TPSA) is 73.2 Å². The standard InChI is InChI=1S/C15H17N3O2S2/c1-11(6-16)8-22-13-5-3-2-4-12(13)17-14(19)7-18-10-21-9-15(18)20/h2-5,11H,7-10H2,1H3,(H,17,19). The first kappa shape index (κ1) is 16.7. The summed E-state index contributed by atoms with van der Waals surface area (Å²) in [6, 6.07) is 9.69. The minimum Gasteiger partial charge on any atom is -0.324 e. The van der Waals surface area contributed by atoms with Crippen molar-refractivity contribution in [2.75, 3.05) is 29.2 Å². The zero-order valence-electron chi connectivity index (χ0n) is 12.2. The van der Waals surface area contributed by atoms with Crippen molar-refractivity contribution < 1.29 is 9.59 Å². The minimum absolute atomic E-state index is 0.00524. The van der Waals surface area contributed by atoms with Crippen LogP contribution < -0.4 is 5.32 Å². The molecule has 1 aromatic carbocycles. The van der Waals surface area contributed by atoms with E-state index in [1.165, 1.54) is 11.8 Å². The second-order valence-corrected chi connectivity index (χ2v) is 6.97. The van der Waals surface area contributed by atoms with Crippen LogP contribution in [0.15, 0.2) is 29.2 Å². The SMILES string of the molecule is CC(C#N)CSc1ccccc1NC(=O)CN1CSCC1=O. The maximum absolute atomic E-state index is 12.1. The first-order chi connectivity index (χ1) is 10.6. The summed E-state index contributed by atoms with van der Waals surface area (Å²) in [6.45, 7) is 1.95. The molecule has 1 saturated heterocycles. The van der Waals surface area contributed by atoms with Crippen LogP contribution in [-0.4, -0.2) is 40.6 Å². The van der Waals surface area contributed by atoms with E-state index in [-0.39, 0.29) is 24.3 Å². The Bertz CT molecular complexity index is 601. The highest BCUT2D eigenvalue weighted by atomic mass is 32.2. The Morgan fingerprint density at radius 2 is 2.32 bits per heavy atom. The summed E-state index contributed by atoms with van der Waals surface area (Å²) in [5.74, 6) is 1.45. The van der Waals surface area contributed by atoms with Crippen LogP contribution in [0.1, 0.15) is 6.92 Å². The predicted molar refractivity (Wildman–Crippen MR) is 89.6 cm³/mol. The number of para-hydroxylation sites is 1. The lowest BCUT2D eigenvalue weighted by atomic mass is 10.3. The Labute approximate surface area is 138 Å². The zero-order valence-corrected chi connectivity index (χ0v) is 13.9. The van der Waals surface area contributed by atoms with Crippen molar-refractivity contribution in [3.8, 4) is 6.07 Å². The largest absolute Gasteiger partial charge is 0.324 e. The molecule has 0 spiro atoms.